The van der Waals surface area contributed by atoms with Gasteiger partial charge in [-0.1, -0.05) is 13.8 Å². The fourth-order valence-corrected chi connectivity index (χ4v) is 1.30. The molecule has 3 N–H and O–H groups in total. The number of aromatic nitrogens is 2. The van der Waals surface area contributed by atoms with Gasteiger partial charge in [-0.3, -0.25) is 9.48 Å². The molecule has 0 spiro atoms. The molecule has 1 atom stereocenters. The van der Waals surface area contributed by atoms with Crippen LogP contribution in [0, 0.1) is 12.8 Å². The molecule has 0 aliphatic rings. The number of nitrogens with two attached hydrogens (primary N) is 1. The lowest BCUT2D eigenvalue weighted by Crippen LogP contribution is -2.44. The Morgan fingerprint density at radius 1 is 1.59 bits per heavy atom. The second-order valence-electron chi connectivity index (χ2n) is 4.34. The highest BCUT2D eigenvalue weighted by Gasteiger charge is 2.16. The van der Waals surface area contributed by atoms with Crippen LogP contribution in [0.1, 0.15) is 19.4 Å². The number of rotatable bonds is 5. The summed E-state index contributed by atoms with van der Waals surface area (Å²) in [6.07, 6.45) is 3.73. The largest absolute Gasteiger partial charge is 0.353 e. The second kappa shape index (κ2) is 7.29. The van der Waals surface area contributed by atoms with Crippen molar-refractivity contribution in [3.8, 4) is 0 Å². The number of nitrogens with zero attached hydrogens (tertiary/aromatic N) is 2. The SMILES string of the molecule is Cc1cnn(CCNC(=O)[C@H](N)C(C)C)c1.Cl. The lowest BCUT2D eigenvalue weighted by molar-refractivity contribution is -0.123. The Kier molecular flexibility index (Phi) is 6.83. The van der Waals surface area contributed by atoms with Crippen molar-refractivity contribution in [2.24, 2.45) is 11.7 Å². The van der Waals surface area contributed by atoms with Gasteiger partial charge in [-0.15, -0.1) is 12.4 Å². The van der Waals surface area contributed by atoms with Gasteiger partial charge in [0.1, 0.15) is 0 Å². The zero-order valence-corrected chi connectivity index (χ0v) is 11.3. The molecular formula is C11H21ClN4O. The van der Waals surface area contributed by atoms with Crippen LogP contribution in [0.5, 0.6) is 0 Å². The summed E-state index contributed by atoms with van der Waals surface area (Å²) in [5, 5.41) is 6.92. The summed E-state index contributed by atoms with van der Waals surface area (Å²) >= 11 is 0. The molecule has 0 aliphatic carbocycles. The van der Waals surface area contributed by atoms with E-state index in [1.807, 2.05) is 27.0 Å². The summed E-state index contributed by atoms with van der Waals surface area (Å²) in [7, 11) is 0. The molecule has 1 rings (SSSR count). The number of aryl methyl sites for hydroxylation is 1. The van der Waals surface area contributed by atoms with E-state index >= 15 is 0 Å². The van der Waals surface area contributed by atoms with Crippen molar-refractivity contribution >= 4 is 18.3 Å². The second-order valence-corrected chi connectivity index (χ2v) is 4.34. The van der Waals surface area contributed by atoms with Crippen LogP contribution >= 0.6 is 12.4 Å². The van der Waals surface area contributed by atoms with E-state index in [-0.39, 0.29) is 24.2 Å². The molecular weight excluding hydrogens is 240 g/mol. The van der Waals surface area contributed by atoms with Crippen LogP contribution in [0.2, 0.25) is 0 Å². The van der Waals surface area contributed by atoms with E-state index < -0.39 is 6.04 Å². The first-order chi connectivity index (χ1) is 7.50. The fraction of sp³-hybridized carbons (Fsp3) is 0.636. The molecule has 0 aliphatic heterocycles. The Balaban J connectivity index is 0.00000256. The number of nitrogens with one attached hydrogen (secondary N) is 1. The maximum absolute atomic E-state index is 11.5. The smallest absolute Gasteiger partial charge is 0.237 e. The average Bonchev–Trinajstić information content (AvgIpc) is 2.62. The molecule has 0 radical (unpaired) electrons. The predicted octanol–water partition coefficient (Wildman–Crippen LogP) is 0.713. The molecule has 0 fully saturated rings. The highest BCUT2D eigenvalue weighted by atomic mass is 35.5. The molecule has 1 aromatic rings. The maximum Gasteiger partial charge on any atom is 0.237 e. The van der Waals surface area contributed by atoms with Gasteiger partial charge < -0.3 is 11.1 Å². The van der Waals surface area contributed by atoms with Gasteiger partial charge in [-0.25, -0.2) is 0 Å². The van der Waals surface area contributed by atoms with Crippen LogP contribution in [-0.2, 0) is 11.3 Å². The predicted molar refractivity (Wildman–Crippen MR) is 70.0 cm³/mol. The van der Waals surface area contributed by atoms with Gasteiger partial charge >= 0.3 is 0 Å². The highest BCUT2D eigenvalue weighted by molar-refractivity contribution is 5.85. The molecule has 0 unspecified atom stereocenters. The lowest BCUT2D eigenvalue weighted by atomic mass is 10.1. The van der Waals surface area contributed by atoms with Crippen molar-refractivity contribution in [1.29, 1.82) is 0 Å². The summed E-state index contributed by atoms with van der Waals surface area (Å²) in [6, 6.07) is -0.431. The Hall–Kier alpha value is -1.07. The first-order valence-corrected chi connectivity index (χ1v) is 5.53. The van der Waals surface area contributed by atoms with Crippen molar-refractivity contribution in [3.63, 3.8) is 0 Å². The standard InChI is InChI=1S/C11H20N4O.ClH/c1-8(2)10(12)11(16)13-4-5-15-7-9(3)6-14-15;/h6-8,10H,4-5,12H2,1-3H3,(H,13,16);1H/t10-;/m1./s1. The first-order valence-electron chi connectivity index (χ1n) is 5.53. The molecule has 98 valence electrons. The van der Waals surface area contributed by atoms with E-state index in [0.717, 1.165) is 5.56 Å². The van der Waals surface area contributed by atoms with Gasteiger partial charge in [-0.2, -0.15) is 5.10 Å². The van der Waals surface area contributed by atoms with Gasteiger partial charge in [0.05, 0.1) is 18.8 Å². The normalized spacial score (nSPS) is 12.1. The molecule has 6 heteroatoms. The van der Waals surface area contributed by atoms with E-state index in [4.69, 9.17) is 5.73 Å². The van der Waals surface area contributed by atoms with Crippen molar-refractivity contribution in [1.82, 2.24) is 15.1 Å². The van der Waals surface area contributed by atoms with Crippen LogP contribution < -0.4 is 11.1 Å². The van der Waals surface area contributed by atoms with Crippen LogP contribution in [-0.4, -0.2) is 28.3 Å². The summed E-state index contributed by atoms with van der Waals surface area (Å²) < 4.78 is 1.80. The molecule has 17 heavy (non-hydrogen) atoms. The minimum absolute atomic E-state index is 0. The number of amides is 1. The van der Waals surface area contributed by atoms with Crippen LogP contribution in [0.4, 0.5) is 0 Å². The Morgan fingerprint density at radius 3 is 2.71 bits per heavy atom. The average molecular weight is 261 g/mol. The Bertz CT molecular complexity index is 351. The maximum atomic E-state index is 11.5. The van der Waals surface area contributed by atoms with Gasteiger partial charge in [0.15, 0.2) is 0 Å². The summed E-state index contributed by atoms with van der Waals surface area (Å²) in [4.78, 5) is 11.5. The monoisotopic (exact) mass is 260 g/mol. The van der Waals surface area contributed by atoms with Crippen molar-refractivity contribution in [2.45, 2.75) is 33.4 Å². The van der Waals surface area contributed by atoms with E-state index in [9.17, 15) is 4.79 Å². The minimum atomic E-state index is -0.431. The fourth-order valence-electron chi connectivity index (χ4n) is 1.30. The van der Waals surface area contributed by atoms with Crippen LogP contribution in [0.25, 0.3) is 0 Å². The summed E-state index contributed by atoms with van der Waals surface area (Å²) in [6.45, 7) is 7.07. The summed E-state index contributed by atoms with van der Waals surface area (Å²) in [5.74, 6) is 0.0609. The van der Waals surface area contributed by atoms with Crippen LogP contribution in [0.3, 0.4) is 0 Å². The molecule has 5 nitrogen and oxygen atoms in total. The molecule has 1 amide bonds. The van der Waals surface area contributed by atoms with Crippen molar-refractivity contribution < 1.29 is 4.79 Å². The number of halogens is 1. The zero-order chi connectivity index (χ0) is 12.1. The number of carbonyl (C=O) groups excluding carboxylic acids is 1. The quantitative estimate of drug-likeness (QED) is 0.819. The molecule has 0 bridgehead atoms. The van der Waals surface area contributed by atoms with Crippen molar-refractivity contribution in [2.75, 3.05) is 6.54 Å². The van der Waals surface area contributed by atoms with Gasteiger partial charge in [0.25, 0.3) is 0 Å². The molecule has 1 heterocycles. The third-order valence-electron chi connectivity index (χ3n) is 2.42. The van der Waals surface area contributed by atoms with Gasteiger partial charge in [0.2, 0.25) is 5.91 Å². The Morgan fingerprint density at radius 2 is 2.24 bits per heavy atom. The lowest BCUT2D eigenvalue weighted by Gasteiger charge is -2.15. The van der Waals surface area contributed by atoms with E-state index in [0.29, 0.717) is 13.1 Å². The first kappa shape index (κ1) is 15.9. The van der Waals surface area contributed by atoms with E-state index in [1.54, 1.807) is 10.9 Å². The summed E-state index contributed by atoms with van der Waals surface area (Å²) in [5.41, 5.74) is 6.83. The molecule has 0 saturated carbocycles. The van der Waals surface area contributed by atoms with Gasteiger partial charge in [-0.05, 0) is 18.4 Å². The number of hydrogen-bond acceptors (Lipinski definition) is 3. The van der Waals surface area contributed by atoms with Crippen molar-refractivity contribution in [3.05, 3.63) is 18.0 Å². The van der Waals surface area contributed by atoms with Crippen LogP contribution in [0.15, 0.2) is 12.4 Å². The highest BCUT2D eigenvalue weighted by Crippen LogP contribution is 1.97. The van der Waals surface area contributed by atoms with E-state index in [1.165, 1.54) is 0 Å². The van der Waals surface area contributed by atoms with E-state index in [2.05, 4.69) is 10.4 Å². The third-order valence-corrected chi connectivity index (χ3v) is 2.42. The molecule has 0 saturated heterocycles. The molecule has 0 aromatic carbocycles. The van der Waals surface area contributed by atoms with Gasteiger partial charge in [0, 0.05) is 12.7 Å². The number of hydrogen-bond donors (Lipinski definition) is 2. The zero-order valence-electron chi connectivity index (χ0n) is 10.5. The Labute approximate surface area is 108 Å². The molecule has 1 aromatic heterocycles. The minimum Gasteiger partial charge on any atom is -0.353 e. The number of carbonyl (C=O) groups is 1. The topological polar surface area (TPSA) is 72.9 Å². The third kappa shape index (κ3) is 5.19.